The number of ether oxygens (including phenoxy) is 1. The summed E-state index contributed by atoms with van der Waals surface area (Å²) < 4.78 is 37.8. The first-order chi connectivity index (χ1) is 10.4. The van der Waals surface area contributed by atoms with Gasteiger partial charge in [-0.2, -0.15) is 0 Å². The summed E-state index contributed by atoms with van der Waals surface area (Å²) in [6, 6.07) is 2.69. The van der Waals surface area contributed by atoms with Crippen LogP contribution < -0.4 is 4.72 Å². The lowest BCUT2D eigenvalue weighted by Gasteiger charge is -2.37. The van der Waals surface area contributed by atoms with Crippen molar-refractivity contribution in [2.24, 2.45) is 0 Å². The molecule has 0 atom stereocenters. The average molecular weight is 344 g/mol. The van der Waals surface area contributed by atoms with Gasteiger partial charge in [-0.05, 0) is 46.8 Å². The van der Waals surface area contributed by atoms with Crippen LogP contribution >= 0.6 is 0 Å². The van der Waals surface area contributed by atoms with E-state index in [9.17, 15) is 13.2 Å². The number of nitrogens with one attached hydrogen (secondary N) is 1. The molecule has 0 spiro atoms. The Labute approximate surface area is 137 Å². The van der Waals surface area contributed by atoms with E-state index < -0.39 is 21.2 Å². The van der Waals surface area contributed by atoms with Gasteiger partial charge in [-0.25, -0.2) is 13.1 Å². The molecule has 0 radical (unpaired) electrons. The molecule has 0 saturated carbocycles. The summed E-state index contributed by atoms with van der Waals surface area (Å²) in [5.74, 6) is -0.324. The average Bonchev–Trinajstić information content (AvgIpc) is 2.84. The predicted octanol–water partition coefficient (Wildman–Crippen LogP) is 1.61. The largest absolute Gasteiger partial charge is 0.438 e. The number of hydrogen-bond donors (Lipinski definition) is 1. The van der Waals surface area contributed by atoms with Crippen LogP contribution in [0.1, 0.15) is 45.2 Å². The molecule has 1 aromatic heterocycles. The molecule has 1 aliphatic rings. The van der Waals surface area contributed by atoms with E-state index in [2.05, 4.69) is 4.72 Å². The number of carbonyl (C=O) groups is 1. The molecular weight excluding hydrogens is 320 g/mol. The smallest absolute Gasteiger partial charge is 0.289 e. The van der Waals surface area contributed by atoms with Crippen molar-refractivity contribution in [3.8, 4) is 0 Å². The first-order valence-electron chi connectivity index (χ1n) is 7.47. The fourth-order valence-electron chi connectivity index (χ4n) is 2.38. The Kier molecular flexibility index (Phi) is 4.62. The fraction of sp³-hybridized carbons (Fsp3) is 0.667. The zero-order chi connectivity index (χ0) is 17.5. The first-order valence-corrected chi connectivity index (χ1v) is 8.95. The maximum atomic E-state index is 12.5. The van der Waals surface area contributed by atoms with Gasteiger partial charge >= 0.3 is 0 Å². The van der Waals surface area contributed by atoms with Gasteiger partial charge in [-0.3, -0.25) is 4.79 Å². The standard InChI is InChI=1S/C15H24N2O5S/c1-14(2,3)16-23(19,20)12-7-6-11(22-12)13(18)17-8-9-21-15(4,5)10-17/h6-7,16H,8-10H2,1-5H3. The third-order valence-corrected chi connectivity index (χ3v) is 4.84. The third-order valence-electron chi connectivity index (χ3n) is 3.21. The van der Waals surface area contributed by atoms with Crippen LogP contribution in [0, 0.1) is 0 Å². The van der Waals surface area contributed by atoms with Crippen LogP contribution in [0.3, 0.4) is 0 Å². The lowest BCUT2D eigenvalue weighted by Crippen LogP contribution is -2.50. The number of nitrogens with zero attached hydrogens (tertiary/aromatic N) is 1. The van der Waals surface area contributed by atoms with Crippen molar-refractivity contribution in [2.75, 3.05) is 19.7 Å². The summed E-state index contributed by atoms with van der Waals surface area (Å²) in [4.78, 5) is 14.1. The Hall–Kier alpha value is -1.38. The van der Waals surface area contributed by atoms with Crippen molar-refractivity contribution < 1.29 is 22.4 Å². The van der Waals surface area contributed by atoms with Crippen molar-refractivity contribution in [1.82, 2.24) is 9.62 Å². The number of rotatable bonds is 3. The number of sulfonamides is 1. The summed E-state index contributed by atoms with van der Waals surface area (Å²) in [6.07, 6.45) is 0. The van der Waals surface area contributed by atoms with Crippen LogP contribution in [0.4, 0.5) is 0 Å². The topological polar surface area (TPSA) is 88.9 Å². The number of morpholine rings is 1. The van der Waals surface area contributed by atoms with Gasteiger partial charge in [0.05, 0.1) is 12.2 Å². The Bertz CT molecular complexity index is 685. The second-order valence-electron chi connectivity index (χ2n) is 7.31. The van der Waals surface area contributed by atoms with Gasteiger partial charge in [-0.15, -0.1) is 0 Å². The molecule has 1 N–H and O–H groups in total. The van der Waals surface area contributed by atoms with E-state index in [1.54, 1.807) is 25.7 Å². The lowest BCUT2D eigenvalue weighted by molar-refractivity contribution is -0.0769. The van der Waals surface area contributed by atoms with Crippen molar-refractivity contribution in [2.45, 2.75) is 50.9 Å². The minimum atomic E-state index is -3.80. The number of hydrogen-bond acceptors (Lipinski definition) is 5. The van der Waals surface area contributed by atoms with Gasteiger partial charge in [0.2, 0.25) is 5.09 Å². The number of furan rings is 1. The van der Waals surface area contributed by atoms with E-state index in [-0.39, 0.29) is 16.8 Å². The molecule has 8 heteroatoms. The second-order valence-corrected chi connectivity index (χ2v) is 8.92. The van der Waals surface area contributed by atoms with Gasteiger partial charge in [-0.1, -0.05) is 0 Å². The molecule has 0 unspecified atom stereocenters. The SMILES string of the molecule is CC(C)(C)NS(=O)(=O)c1ccc(C(=O)N2CCOC(C)(C)C2)o1. The molecule has 1 amide bonds. The third kappa shape index (κ3) is 4.55. The minimum Gasteiger partial charge on any atom is -0.438 e. The highest BCUT2D eigenvalue weighted by Crippen LogP contribution is 2.21. The van der Waals surface area contributed by atoms with Crippen LogP contribution in [0.5, 0.6) is 0 Å². The Morgan fingerprint density at radius 3 is 2.52 bits per heavy atom. The molecule has 1 aromatic rings. The van der Waals surface area contributed by atoms with Gasteiger partial charge in [0.1, 0.15) is 0 Å². The summed E-state index contributed by atoms with van der Waals surface area (Å²) in [6.45, 7) is 10.3. The van der Waals surface area contributed by atoms with E-state index in [0.717, 1.165) is 0 Å². The number of amides is 1. The summed E-state index contributed by atoms with van der Waals surface area (Å²) in [5, 5.41) is -0.261. The molecule has 1 aliphatic heterocycles. The van der Waals surface area contributed by atoms with Crippen LogP contribution in [0.15, 0.2) is 21.6 Å². The summed E-state index contributed by atoms with van der Waals surface area (Å²) in [5.41, 5.74) is -1.06. The second kappa shape index (κ2) is 5.92. The maximum absolute atomic E-state index is 12.5. The summed E-state index contributed by atoms with van der Waals surface area (Å²) in [7, 11) is -3.80. The molecule has 0 bridgehead atoms. The molecule has 23 heavy (non-hydrogen) atoms. The van der Waals surface area contributed by atoms with Crippen LogP contribution in [-0.2, 0) is 14.8 Å². The molecule has 0 aliphatic carbocycles. The molecule has 2 rings (SSSR count). The van der Waals surface area contributed by atoms with Crippen LogP contribution in [0.25, 0.3) is 0 Å². The molecule has 0 aromatic carbocycles. The van der Waals surface area contributed by atoms with Crippen molar-refractivity contribution in [1.29, 1.82) is 0 Å². The van der Waals surface area contributed by atoms with Gasteiger partial charge in [0, 0.05) is 18.6 Å². The Morgan fingerprint density at radius 2 is 1.96 bits per heavy atom. The fourth-order valence-corrected chi connectivity index (χ4v) is 3.73. The molecule has 2 heterocycles. The quantitative estimate of drug-likeness (QED) is 0.900. The molecular formula is C15H24N2O5S. The predicted molar refractivity (Wildman–Crippen MR) is 84.7 cm³/mol. The Morgan fingerprint density at radius 1 is 1.30 bits per heavy atom. The van der Waals surface area contributed by atoms with Crippen LogP contribution in [0.2, 0.25) is 0 Å². The Balaban J connectivity index is 2.17. The highest BCUT2D eigenvalue weighted by Gasteiger charge is 2.32. The van der Waals surface area contributed by atoms with E-state index in [4.69, 9.17) is 9.15 Å². The first kappa shape index (κ1) is 18.0. The van der Waals surface area contributed by atoms with E-state index >= 15 is 0 Å². The van der Waals surface area contributed by atoms with Gasteiger partial charge in [0.25, 0.3) is 15.9 Å². The number of carbonyl (C=O) groups excluding carboxylic acids is 1. The highest BCUT2D eigenvalue weighted by atomic mass is 32.2. The molecule has 1 saturated heterocycles. The molecule has 7 nitrogen and oxygen atoms in total. The monoisotopic (exact) mass is 344 g/mol. The highest BCUT2D eigenvalue weighted by molar-refractivity contribution is 7.89. The van der Waals surface area contributed by atoms with E-state index in [1.807, 2.05) is 13.8 Å². The maximum Gasteiger partial charge on any atom is 0.289 e. The molecule has 130 valence electrons. The zero-order valence-corrected chi connectivity index (χ0v) is 15.0. The van der Waals surface area contributed by atoms with Gasteiger partial charge in [0.15, 0.2) is 5.76 Å². The van der Waals surface area contributed by atoms with Gasteiger partial charge < -0.3 is 14.1 Å². The van der Waals surface area contributed by atoms with Crippen molar-refractivity contribution in [3.05, 3.63) is 17.9 Å². The van der Waals surface area contributed by atoms with Crippen molar-refractivity contribution in [3.63, 3.8) is 0 Å². The normalized spacial score (nSPS) is 18.9. The molecule has 1 fully saturated rings. The minimum absolute atomic E-state index is 0.0111. The summed E-state index contributed by atoms with van der Waals surface area (Å²) >= 11 is 0. The van der Waals surface area contributed by atoms with Crippen LogP contribution in [-0.4, -0.2) is 50.1 Å². The van der Waals surface area contributed by atoms with Crippen molar-refractivity contribution >= 4 is 15.9 Å². The van der Waals surface area contributed by atoms with E-state index in [1.165, 1.54) is 12.1 Å². The lowest BCUT2D eigenvalue weighted by atomic mass is 10.1. The van der Waals surface area contributed by atoms with E-state index in [0.29, 0.717) is 19.7 Å². The zero-order valence-electron chi connectivity index (χ0n) is 14.2.